The highest BCUT2D eigenvalue weighted by molar-refractivity contribution is 5.95. The number of benzene rings is 3. The quantitative estimate of drug-likeness (QED) is 0.463. The molecule has 0 bridgehead atoms. The lowest BCUT2D eigenvalue weighted by Gasteiger charge is -2.14. The summed E-state index contributed by atoms with van der Waals surface area (Å²) in [6, 6.07) is 19.6. The van der Waals surface area contributed by atoms with E-state index in [1.807, 2.05) is 24.3 Å². The van der Waals surface area contributed by atoms with Gasteiger partial charge in [0, 0.05) is 24.1 Å². The maximum atomic E-state index is 13.8. The van der Waals surface area contributed by atoms with E-state index in [0.29, 0.717) is 13.0 Å². The molecule has 1 fully saturated rings. The number of alkyl carbamates (subject to hydrolysis) is 1. The van der Waals surface area contributed by atoms with Crippen LogP contribution in [-0.2, 0) is 9.53 Å². The standard InChI is InChI=1S/C27H23FN2O5/c28-24-12-16(9-10-21(24)26(32)33)30-25(31)22-11-15(22)13-29-27(34)35-14-23-19-7-3-1-5-17(19)18-6-2-4-8-20(18)23/h1-10,12,15,22-23H,11,13-14H2,(H,29,34)(H,30,31)(H,32,33). The summed E-state index contributed by atoms with van der Waals surface area (Å²) in [7, 11) is 0. The number of carboxylic acids is 1. The normalized spacial score (nSPS) is 17.7. The topological polar surface area (TPSA) is 105 Å². The Morgan fingerprint density at radius 1 is 0.971 bits per heavy atom. The van der Waals surface area contributed by atoms with Gasteiger partial charge in [0.05, 0.1) is 5.56 Å². The average molecular weight is 474 g/mol. The van der Waals surface area contributed by atoms with Gasteiger partial charge >= 0.3 is 12.1 Å². The van der Waals surface area contributed by atoms with E-state index in [1.54, 1.807) is 0 Å². The summed E-state index contributed by atoms with van der Waals surface area (Å²) in [5, 5.41) is 14.2. The van der Waals surface area contributed by atoms with Crippen LogP contribution in [-0.4, -0.2) is 36.2 Å². The zero-order chi connectivity index (χ0) is 24.5. The fourth-order valence-electron chi connectivity index (χ4n) is 4.66. The first-order chi connectivity index (χ1) is 16.9. The van der Waals surface area contributed by atoms with Gasteiger partial charge in [0.25, 0.3) is 0 Å². The van der Waals surface area contributed by atoms with Crippen LogP contribution in [0.3, 0.4) is 0 Å². The maximum absolute atomic E-state index is 13.8. The zero-order valence-corrected chi connectivity index (χ0v) is 18.7. The molecular weight excluding hydrogens is 451 g/mol. The van der Waals surface area contributed by atoms with E-state index in [-0.39, 0.29) is 36.0 Å². The molecule has 2 amide bonds. The van der Waals surface area contributed by atoms with Gasteiger partial charge in [-0.15, -0.1) is 0 Å². The molecule has 0 heterocycles. The minimum Gasteiger partial charge on any atom is -0.478 e. The van der Waals surface area contributed by atoms with Crippen molar-refractivity contribution in [3.8, 4) is 11.1 Å². The van der Waals surface area contributed by atoms with Crippen LogP contribution in [0.2, 0.25) is 0 Å². The van der Waals surface area contributed by atoms with Gasteiger partial charge in [0.1, 0.15) is 12.4 Å². The lowest BCUT2D eigenvalue weighted by molar-refractivity contribution is -0.117. The lowest BCUT2D eigenvalue weighted by atomic mass is 9.98. The zero-order valence-electron chi connectivity index (χ0n) is 18.7. The molecule has 2 aliphatic rings. The van der Waals surface area contributed by atoms with E-state index >= 15 is 0 Å². The second-order valence-electron chi connectivity index (χ2n) is 8.80. The van der Waals surface area contributed by atoms with Gasteiger partial charge in [-0.1, -0.05) is 48.5 Å². The van der Waals surface area contributed by atoms with Gasteiger partial charge in [0.2, 0.25) is 5.91 Å². The molecule has 0 radical (unpaired) electrons. The first kappa shape index (κ1) is 22.6. The van der Waals surface area contributed by atoms with Gasteiger partial charge in [0.15, 0.2) is 0 Å². The molecule has 1 saturated carbocycles. The van der Waals surface area contributed by atoms with Crippen LogP contribution in [0.25, 0.3) is 11.1 Å². The fraction of sp³-hybridized carbons (Fsp3) is 0.222. The molecule has 0 aliphatic heterocycles. The number of rotatable bonds is 7. The number of ether oxygens (including phenoxy) is 1. The lowest BCUT2D eigenvalue weighted by Crippen LogP contribution is -2.29. The summed E-state index contributed by atoms with van der Waals surface area (Å²) in [6.45, 7) is 0.507. The van der Waals surface area contributed by atoms with Crippen LogP contribution >= 0.6 is 0 Å². The number of aromatic carboxylic acids is 1. The smallest absolute Gasteiger partial charge is 0.407 e. The van der Waals surface area contributed by atoms with Crippen molar-refractivity contribution in [2.24, 2.45) is 11.8 Å². The third-order valence-corrected chi connectivity index (χ3v) is 6.58. The first-order valence-electron chi connectivity index (χ1n) is 11.3. The van der Waals surface area contributed by atoms with Gasteiger partial charge in [-0.3, -0.25) is 4.79 Å². The van der Waals surface area contributed by atoms with E-state index in [2.05, 4.69) is 34.9 Å². The fourth-order valence-corrected chi connectivity index (χ4v) is 4.66. The molecule has 2 aliphatic carbocycles. The molecule has 3 N–H and O–H groups in total. The van der Waals surface area contributed by atoms with E-state index in [4.69, 9.17) is 9.84 Å². The van der Waals surface area contributed by atoms with Crippen molar-refractivity contribution in [3.05, 3.63) is 89.2 Å². The Labute approximate surface area is 200 Å². The Morgan fingerprint density at radius 2 is 1.63 bits per heavy atom. The summed E-state index contributed by atoms with van der Waals surface area (Å²) in [6.07, 6.45) is 0.0507. The summed E-state index contributed by atoms with van der Waals surface area (Å²) in [5.74, 6) is -2.97. The highest BCUT2D eigenvalue weighted by Crippen LogP contribution is 2.44. The number of anilines is 1. The second kappa shape index (κ2) is 9.21. The number of hydrogen-bond donors (Lipinski definition) is 3. The Kier molecular flexibility index (Phi) is 5.94. The molecule has 178 valence electrons. The summed E-state index contributed by atoms with van der Waals surface area (Å²) >= 11 is 0. The second-order valence-corrected chi connectivity index (χ2v) is 8.80. The van der Waals surface area contributed by atoms with Crippen molar-refractivity contribution in [2.45, 2.75) is 12.3 Å². The Balaban J connectivity index is 1.10. The van der Waals surface area contributed by atoms with Gasteiger partial charge < -0.3 is 20.5 Å². The van der Waals surface area contributed by atoms with Crippen molar-refractivity contribution in [1.82, 2.24) is 5.32 Å². The van der Waals surface area contributed by atoms with Crippen LogP contribution < -0.4 is 10.6 Å². The van der Waals surface area contributed by atoms with Crippen molar-refractivity contribution in [2.75, 3.05) is 18.5 Å². The third-order valence-electron chi connectivity index (χ3n) is 6.58. The Hall–Kier alpha value is -4.20. The molecule has 5 rings (SSSR count). The molecule has 35 heavy (non-hydrogen) atoms. The number of carbonyl (C=O) groups excluding carboxylic acids is 2. The molecule has 3 aromatic rings. The first-order valence-corrected chi connectivity index (χ1v) is 11.3. The molecular formula is C27H23FN2O5. The monoisotopic (exact) mass is 474 g/mol. The van der Waals surface area contributed by atoms with Crippen LogP contribution in [0.5, 0.6) is 0 Å². The average Bonchev–Trinajstić information content (AvgIpc) is 3.56. The number of halogens is 1. The number of nitrogens with one attached hydrogen (secondary N) is 2. The molecule has 7 nitrogen and oxygen atoms in total. The highest BCUT2D eigenvalue weighted by atomic mass is 19.1. The molecule has 2 unspecified atom stereocenters. The molecule has 2 atom stereocenters. The Bertz CT molecular complexity index is 1280. The number of hydrogen-bond acceptors (Lipinski definition) is 4. The molecule has 0 saturated heterocycles. The molecule has 3 aromatic carbocycles. The molecule has 8 heteroatoms. The Morgan fingerprint density at radius 3 is 2.26 bits per heavy atom. The van der Waals surface area contributed by atoms with E-state index in [9.17, 15) is 18.8 Å². The maximum Gasteiger partial charge on any atom is 0.407 e. The third kappa shape index (κ3) is 4.59. The number of amides is 2. The molecule has 0 spiro atoms. The predicted molar refractivity (Wildman–Crippen MR) is 127 cm³/mol. The van der Waals surface area contributed by atoms with Gasteiger partial charge in [-0.25, -0.2) is 14.0 Å². The number of fused-ring (bicyclic) bond motifs is 3. The van der Waals surface area contributed by atoms with Crippen molar-refractivity contribution >= 4 is 23.7 Å². The van der Waals surface area contributed by atoms with Crippen molar-refractivity contribution in [1.29, 1.82) is 0 Å². The van der Waals surface area contributed by atoms with Gasteiger partial charge in [-0.2, -0.15) is 0 Å². The predicted octanol–water partition coefficient (Wildman–Crippen LogP) is 4.64. The largest absolute Gasteiger partial charge is 0.478 e. The highest BCUT2D eigenvalue weighted by Gasteiger charge is 2.43. The van der Waals surface area contributed by atoms with Crippen LogP contribution in [0.4, 0.5) is 14.9 Å². The number of carbonyl (C=O) groups is 3. The minimum atomic E-state index is -1.37. The SMILES string of the molecule is O=C(NCC1CC1C(=O)Nc1ccc(C(=O)O)c(F)c1)OCC1c2ccccc2-c2ccccc21. The number of carboxylic acid groups (broad SMARTS) is 1. The van der Waals surface area contributed by atoms with Crippen LogP contribution in [0.1, 0.15) is 33.8 Å². The van der Waals surface area contributed by atoms with Crippen LogP contribution in [0.15, 0.2) is 66.7 Å². The summed E-state index contributed by atoms with van der Waals surface area (Å²) in [4.78, 5) is 35.6. The molecule has 0 aromatic heterocycles. The summed E-state index contributed by atoms with van der Waals surface area (Å²) < 4.78 is 19.3. The van der Waals surface area contributed by atoms with Crippen molar-refractivity contribution < 1.29 is 28.6 Å². The van der Waals surface area contributed by atoms with Crippen molar-refractivity contribution in [3.63, 3.8) is 0 Å². The summed E-state index contributed by atoms with van der Waals surface area (Å²) in [5.41, 5.74) is 4.30. The van der Waals surface area contributed by atoms with E-state index < -0.39 is 23.4 Å². The van der Waals surface area contributed by atoms with Gasteiger partial charge in [-0.05, 0) is 52.8 Å². The van der Waals surface area contributed by atoms with Crippen LogP contribution in [0, 0.1) is 17.7 Å². The van der Waals surface area contributed by atoms with E-state index in [0.717, 1.165) is 34.4 Å². The minimum absolute atomic E-state index is 0.0273. The van der Waals surface area contributed by atoms with E-state index in [1.165, 1.54) is 6.07 Å².